The fourth-order valence-corrected chi connectivity index (χ4v) is 6.90. The van der Waals surface area contributed by atoms with Gasteiger partial charge in [-0.25, -0.2) is 28.2 Å². The molecule has 3 heterocycles. The molecule has 1 saturated heterocycles. The summed E-state index contributed by atoms with van der Waals surface area (Å²) in [6.07, 6.45) is -0.833. The van der Waals surface area contributed by atoms with Gasteiger partial charge in [-0.15, -0.1) is 11.3 Å². The molecule has 2 atom stereocenters. The van der Waals surface area contributed by atoms with Crippen LogP contribution in [0.5, 0.6) is 0 Å². The Kier molecular flexibility index (Phi) is 8.33. The number of thiazole rings is 1. The third-order valence-corrected chi connectivity index (χ3v) is 9.70. The smallest absolute Gasteiger partial charge is 0.393 e. The lowest BCUT2D eigenvalue weighted by Gasteiger charge is -2.35. The van der Waals surface area contributed by atoms with E-state index in [4.69, 9.17) is 10.2 Å². The van der Waals surface area contributed by atoms with Crippen molar-refractivity contribution in [1.29, 1.82) is 0 Å². The second-order valence-corrected chi connectivity index (χ2v) is 13.1. The minimum absolute atomic E-state index is 0.0952. The molecule has 8 nitrogen and oxygen atoms in total. The minimum atomic E-state index is -4.27. The normalized spacial score (nSPS) is 18.0. The van der Waals surface area contributed by atoms with E-state index in [2.05, 4.69) is 4.98 Å². The maximum atomic E-state index is 14.8. The fraction of sp³-hybridized carbons (Fsp3) is 0.367. The van der Waals surface area contributed by atoms with Crippen LogP contribution in [0.4, 0.5) is 23.2 Å². The quantitative estimate of drug-likeness (QED) is 0.211. The molecule has 0 spiro atoms. The molecule has 2 unspecified atom stereocenters. The molecule has 6 rings (SSSR count). The number of carboxylic acids is 1. The first-order chi connectivity index (χ1) is 21.0. The summed E-state index contributed by atoms with van der Waals surface area (Å²) in [6.45, 7) is 0.363. The number of alkyl halides is 3. The van der Waals surface area contributed by atoms with Crippen LogP contribution in [0.15, 0.2) is 52.7 Å². The number of aromatic carboxylic acids is 1. The number of carbonyl (C=O) groups is 1. The summed E-state index contributed by atoms with van der Waals surface area (Å²) >= 11 is 1.14. The van der Waals surface area contributed by atoms with Crippen molar-refractivity contribution in [1.82, 2.24) is 14.8 Å². The molecule has 1 aliphatic carbocycles. The zero-order valence-corrected chi connectivity index (χ0v) is 25.0. The van der Waals surface area contributed by atoms with E-state index in [1.807, 2.05) is 12.1 Å². The summed E-state index contributed by atoms with van der Waals surface area (Å²) in [5, 5.41) is 21.6. The molecule has 1 aliphatic heterocycles. The van der Waals surface area contributed by atoms with Gasteiger partial charge in [0.15, 0.2) is 5.69 Å². The van der Waals surface area contributed by atoms with E-state index >= 15 is 0 Å². The van der Waals surface area contributed by atoms with E-state index in [-0.39, 0.29) is 30.0 Å². The van der Waals surface area contributed by atoms with Crippen molar-refractivity contribution in [3.05, 3.63) is 76.2 Å². The van der Waals surface area contributed by atoms with Crippen molar-refractivity contribution >= 4 is 34.0 Å². The molecule has 44 heavy (non-hydrogen) atoms. The van der Waals surface area contributed by atoms with Gasteiger partial charge in [0.2, 0.25) is 5.13 Å². The van der Waals surface area contributed by atoms with E-state index in [0.717, 1.165) is 35.4 Å². The van der Waals surface area contributed by atoms with Crippen LogP contribution in [0.1, 0.15) is 53.0 Å². The van der Waals surface area contributed by atoms with Gasteiger partial charge in [-0.3, -0.25) is 0 Å². The molecule has 3 N–H and O–H groups in total. The second-order valence-electron chi connectivity index (χ2n) is 11.3. The summed E-state index contributed by atoms with van der Waals surface area (Å²) < 4.78 is 68.9. The van der Waals surface area contributed by atoms with Gasteiger partial charge in [0.1, 0.15) is 16.8 Å². The summed E-state index contributed by atoms with van der Waals surface area (Å²) in [7, 11) is -1.99. The zero-order valence-electron chi connectivity index (χ0n) is 23.4. The Morgan fingerprint density at radius 2 is 1.95 bits per heavy atom. The van der Waals surface area contributed by atoms with Gasteiger partial charge in [0.25, 0.3) is 0 Å². The van der Waals surface area contributed by atoms with Gasteiger partial charge in [-0.05, 0) is 67.9 Å². The van der Waals surface area contributed by atoms with Crippen LogP contribution in [0.25, 0.3) is 16.4 Å². The molecule has 14 heteroatoms. The topological polar surface area (TPSA) is 114 Å². The van der Waals surface area contributed by atoms with Gasteiger partial charge in [0, 0.05) is 41.7 Å². The maximum Gasteiger partial charge on any atom is 0.393 e. The van der Waals surface area contributed by atoms with Gasteiger partial charge >= 0.3 is 12.1 Å². The first kappa shape index (κ1) is 30.4. The summed E-state index contributed by atoms with van der Waals surface area (Å²) in [5.74, 6) is -2.87. The van der Waals surface area contributed by atoms with Crippen molar-refractivity contribution in [3.8, 4) is 16.4 Å². The second kappa shape index (κ2) is 12.1. The van der Waals surface area contributed by atoms with Crippen LogP contribution in [-0.4, -0.2) is 49.3 Å². The van der Waals surface area contributed by atoms with Gasteiger partial charge in [0.05, 0.1) is 22.2 Å². The Morgan fingerprint density at radius 3 is 2.61 bits per heavy atom. The Balaban J connectivity index is 1.46. The van der Waals surface area contributed by atoms with E-state index in [9.17, 15) is 31.7 Å². The highest BCUT2D eigenvalue weighted by atomic mass is 32.2. The Labute approximate surface area is 257 Å². The molecule has 0 radical (unpaired) electrons. The van der Waals surface area contributed by atoms with Crippen LogP contribution < -0.4 is 10.0 Å². The summed E-state index contributed by atoms with van der Waals surface area (Å²) in [6, 6.07) is 11.5. The third-order valence-electron chi connectivity index (χ3n) is 8.12. The molecule has 1 saturated carbocycles. The molecule has 2 fully saturated rings. The molecule has 232 valence electrons. The first-order valence-electron chi connectivity index (χ1n) is 14.1. The highest BCUT2D eigenvalue weighted by Crippen LogP contribution is 2.40. The molecule has 0 amide bonds. The Hall–Kier alpha value is -3.62. The van der Waals surface area contributed by atoms with Crippen LogP contribution in [0, 0.1) is 17.7 Å². The fourth-order valence-electron chi connectivity index (χ4n) is 5.68. The van der Waals surface area contributed by atoms with E-state index in [1.54, 1.807) is 27.8 Å². The SMILES string of the molecule is NS(=O)c1ccc(Cc2c(-c3cccc(N4CCCC(C(F)(F)F)C4)c3)nn(-c3nc(C(=O)O)cs3)c2CC2CC2)cc1F. The average molecular weight is 648 g/mol. The molecule has 0 bridgehead atoms. The molecule has 2 aliphatic rings. The monoisotopic (exact) mass is 647 g/mol. The number of anilines is 1. The molecule has 2 aromatic carbocycles. The van der Waals surface area contributed by atoms with Crippen molar-refractivity contribution in [2.45, 2.75) is 49.6 Å². The van der Waals surface area contributed by atoms with Gasteiger partial charge < -0.3 is 10.0 Å². The number of nitrogens with two attached hydrogens (primary N) is 1. The third kappa shape index (κ3) is 6.42. The number of benzene rings is 2. The number of piperidine rings is 1. The molecular weight excluding hydrogens is 618 g/mol. The number of hydrogen-bond donors (Lipinski definition) is 2. The van der Waals surface area contributed by atoms with E-state index in [0.29, 0.717) is 52.9 Å². The van der Waals surface area contributed by atoms with Crippen molar-refractivity contribution in [2.24, 2.45) is 17.0 Å². The minimum Gasteiger partial charge on any atom is -0.476 e. The van der Waals surface area contributed by atoms with Crippen LogP contribution >= 0.6 is 11.3 Å². The van der Waals surface area contributed by atoms with Crippen molar-refractivity contribution in [3.63, 3.8) is 0 Å². The van der Waals surface area contributed by atoms with E-state index < -0.39 is 34.9 Å². The average Bonchev–Trinajstić information content (AvgIpc) is 3.54. The van der Waals surface area contributed by atoms with Gasteiger partial charge in [-0.2, -0.15) is 18.3 Å². The lowest BCUT2D eigenvalue weighted by atomic mass is 9.95. The number of rotatable bonds is 9. The lowest BCUT2D eigenvalue weighted by molar-refractivity contribution is -0.176. The standard InChI is InChI=1S/C30H29F4N5O3S2/c31-23-12-18(8-9-26(23)44(35)42)11-22-25(13-17-6-7-17)39(29-36-24(16-43-29)28(40)41)37-27(22)19-3-1-5-21(14-19)38-10-2-4-20(15-38)30(32,33)34/h1,3,5,8-9,12,14,16-17,20H,2,4,6-7,10-11,13,15,35H2,(H,40,41). The molecule has 4 aromatic rings. The number of nitrogens with zero attached hydrogens (tertiary/aromatic N) is 4. The molecular formula is C30H29F4N5O3S2. The first-order valence-corrected chi connectivity index (χ1v) is 16.2. The highest BCUT2D eigenvalue weighted by molar-refractivity contribution is 7.82. The number of carboxylic acid groups (broad SMARTS) is 1. The van der Waals surface area contributed by atoms with Crippen LogP contribution in [0.2, 0.25) is 0 Å². The predicted molar refractivity (Wildman–Crippen MR) is 159 cm³/mol. The Bertz CT molecular complexity index is 1730. The van der Waals surface area contributed by atoms with Crippen LogP contribution in [-0.2, 0) is 23.8 Å². The van der Waals surface area contributed by atoms with Gasteiger partial charge in [-0.1, -0.05) is 18.2 Å². The maximum absolute atomic E-state index is 14.8. The molecule has 2 aromatic heterocycles. The summed E-state index contributed by atoms with van der Waals surface area (Å²) in [4.78, 5) is 17.5. The van der Waals surface area contributed by atoms with Crippen molar-refractivity contribution < 1.29 is 31.7 Å². The number of hydrogen-bond acceptors (Lipinski definition) is 6. The number of aromatic nitrogens is 3. The lowest BCUT2D eigenvalue weighted by Crippen LogP contribution is -2.41. The van der Waals surface area contributed by atoms with E-state index in [1.165, 1.54) is 17.5 Å². The van der Waals surface area contributed by atoms with Crippen molar-refractivity contribution in [2.75, 3.05) is 18.0 Å². The summed E-state index contributed by atoms with van der Waals surface area (Å²) in [5.41, 5.74) is 3.90. The number of halogens is 4. The van der Waals surface area contributed by atoms with Crippen LogP contribution in [0.3, 0.4) is 0 Å². The highest BCUT2D eigenvalue weighted by Gasteiger charge is 2.42. The Morgan fingerprint density at radius 1 is 1.16 bits per heavy atom. The largest absolute Gasteiger partial charge is 0.476 e. The zero-order chi connectivity index (χ0) is 31.2. The predicted octanol–water partition coefficient (Wildman–Crippen LogP) is 6.14.